The standard InChI is InChI=1S/C14H14N2O5/c17-12-9-20-14(19)16(12)8-10-6-15(7-10)13(18)21-11-4-2-1-3-5-11/h1-5,10H,6-9H2. The van der Waals surface area contributed by atoms with Crippen LogP contribution in [0.25, 0.3) is 0 Å². The predicted octanol–water partition coefficient (Wildman–Crippen LogP) is 1.10. The molecule has 3 rings (SSSR count). The summed E-state index contributed by atoms with van der Waals surface area (Å²) in [5, 5.41) is 0. The lowest BCUT2D eigenvalue weighted by Crippen LogP contribution is -2.55. The van der Waals surface area contributed by atoms with E-state index in [9.17, 15) is 14.4 Å². The number of likely N-dealkylation sites (tertiary alicyclic amines) is 1. The van der Waals surface area contributed by atoms with Gasteiger partial charge < -0.3 is 14.4 Å². The van der Waals surface area contributed by atoms with Crippen molar-refractivity contribution in [1.82, 2.24) is 9.80 Å². The van der Waals surface area contributed by atoms with Crippen LogP contribution < -0.4 is 4.74 Å². The van der Waals surface area contributed by atoms with E-state index in [1.165, 1.54) is 4.90 Å². The Hall–Kier alpha value is -2.57. The van der Waals surface area contributed by atoms with Gasteiger partial charge in [0.2, 0.25) is 0 Å². The lowest BCUT2D eigenvalue weighted by molar-refractivity contribution is -0.126. The summed E-state index contributed by atoms with van der Waals surface area (Å²) in [5.41, 5.74) is 0. The molecule has 110 valence electrons. The number of rotatable bonds is 3. The van der Waals surface area contributed by atoms with Gasteiger partial charge in [-0.2, -0.15) is 0 Å². The quantitative estimate of drug-likeness (QED) is 0.833. The number of imide groups is 1. The third-order valence-electron chi connectivity index (χ3n) is 3.45. The number of hydrogen-bond donors (Lipinski definition) is 0. The SMILES string of the molecule is O=C(Oc1ccccc1)N1CC(CN2C(=O)COC2=O)C1. The van der Waals surface area contributed by atoms with E-state index in [1.54, 1.807) is 24.3 Å². The zero-order chi connectivity index (χ0) is 14.8. The first-order valence-electron chi connectivity index (χ1n) is 6.62. The Morgan fingerprint density at radius 1 is 1.24 bits per heavy atom. The number of nitrogens with zero attached hydrogens (tertiary/aromatic N) is 2. The van der Waals surface area contributed by atoms with E-state index >= 15 is 0 Å². The van der Waals surface area contributed by atoms with E-state index < -0.39 is 12.2 Å². The molecule has 0 N–H and O–H groups in total. The van der Waals surface area contributed by atoms with Crippen LogP contribution in [0.3, 0.4) is 0 Å². The molecule has 1 aromatic rings. The lowest BCUT2D eigenvalue weighted by Gasteiger charge is -2.39. The average molecular weight is 290 g/mol. The Bertz CT molecular complexity index is 552. The van der Waals surface area contributed by atoms with Crippen molar-refractivity contribution in [3.63, 3.8) is 0 Å². The molecule has 2 aliphatic heterocycles. The van der Waals surface area contributed by atoms with Gasteiger partial charge in [-0.15, -0.1) is 0 Å². The Labute approximate surface area is 121 Å². The number of hydrogen-bond acceptors (Lipinski definition) is 5. The third kappa shape index (κ3) is 2.81. The van der Waals surface area contributed by atoms with Crippen LogP contribution in [-0.4, -0.2) is 54.1 Å². The van der Waals surface area contributed by atoms with Gasteiger partial charge in [0, 0.05) is 25.6 Å². The van der Waals surface area contributed by atoms with Gasteiger partial charge in [0.25, 0.3) is 5.91 Å². The normalized spacial score (nSPS) is 18.5. The summed E-state index contributed by atoms with van der Waals surface area (Å²) >= 11 is 0. The molecule has 0 spiro atoms. The summed E-state index contributed by atoms with van der Waals surface area (Å²) in [6.45, 7) is 1.02. The van der Waals surface area contributed by atoms with Crippen LogP contribution in [-0.2, 0) is 9.53 Å². The number of ether oxygens (including phenoxy) is 2. The van der Waals surface area contributed by atoms with Gasteiger partial charge in [0.1, 0.15) is 5.75 Å². The molecule has 1 aromatic carbocycles. The van der Waals surface area contributed by atoms with E-state index in [-0.39, 0.29) is 25.0 Å². The molecule has 0 bridgehead atoms. The van der Waals surface area contributed by atoms with Gasteiger partial charge in [-0.25, -0.2) is 14.5 Å². The highest BCUT2D eigenvalue weighted by Gasteiger charge is 2.38. The Balaban J connectivity index is 1.46. The number of amides is 3. The van der Waals surface area contributed by atoms with Crippen molar-refractivity contribution < 1.29 is 23.9 Å². The fraction of sp³-hybridized carbons (Fsp3) is 0.357. The molecule has 0 saturated carbocycles. The first-order valence-corrected chi connectivity index (χ1v) is 6.62. The summed E-state index contributed by atoms with van der Waals surface area (Å²) in [4.78, 5) is 37.1. The van der Waals surface area contributed by atoms with Gasteiger partial charge in [-0.1, -0.05) is 18.2 Å². The number of cyclic esters (lactones) is 1. The van der Waals surface area contributed by atoms with Gasteiger partial charge >= 0.3 is 12.2 Å². The predicted molar refractivity (Wildman–Crippen MR) is 70.6 cm³/mol. The van der Waals surface area contributed by atoms with Crippen LogP contribution in [0, 0.1) is 5.92 Å². The molecule has 2 saturated heterocycles. The zero-order valence-corrected chi connectivity index (χ0v) is 11.2. The molecule has 0 atom stereocenters. The first kappa shape index (κ1) is 13.4. The second-order valence-electron chi connectivity index (χ2n) is 5.01. The van der Waals surface area contributed by atoms with Crippen molar-refractivity contribution in [2.75, 3.05) is 26.2 Å². The molecule has 21 heavy (non-hydrogen) atoms. The number of benzene rings is 1. The van der Waals surface area contributed by atoms with Crippen molar-refractivity contribution in [3.05, 3.63) is 30.3 Å². The smallest absolute Gasteiger partial charge is 0.417 e. The largest absolute Gasteiger partial charge is 0.439 e. The number of para-hydroxylation sites is 1. The molecule has 0 aromatic heterocycles. The molecular formula is C14H14N2O5. The van der Waals surface area contributed by atoms with E-state index in [4.69, 9.17) is 4.74 Å². The van der Waals surface area contributed by atoms with Crippen molar-refractivity contribution in [1.29, 1.82) is 0 Å². The maximum absolute atomic E-state index is 11.8. The molecule has 0 aliphatic carbocycles. The highest BCUT2D eigenvalue weighted by molar-refractivity contribution is 5.97. The molecule has 0 radical (unpaired) electrons. The van der Waals surface area contributed by atoms with Crippen LogP contribution in [0.1, 0.15) is 0 Å². The molecular weight excluding hydrogens is 276 g/mol. The number of carbonyl (C=O) groups excluding carboxylic acids is 3. The van der Waals surface area contributed by atoms with Gasteiger partial charge in [0.05, 0.1) is 0 Å². The van der Waals surface area contributed by atoms with E-state index in [0.717, 1.165) is 4.90 Å². The second-order valence-corrected chi connectivity index (χ2v) is 5.01. The highest BCUT2D eigenvalue weighted by atomic mass is 16.6. The minimum atomic E-state index is -0.606. The summed E-state index contributed by atoms with van der Waals surface area (Å²) in [6, 6.07) is 8.81. The van der Waals surface area contributed by atoms with Crippen molar-refractivity contribution >= 4 is 18.1 Å². The molecule has 3 amide bonds. The van der Waals surface area contributed by atoms with Crippen LogP contribution in [0.5, 0.6) is 5.75 Å². The van der Waals surface area contributed by atoms with Crippen LogP contribution in [0.4, 0.5) is 9.59 Å². The molecule has 2 heterocycles. The second kappa shape index (κ2) is 5.43. The van der Waals surface area contributed by atoms with Crippen LogP contribution >= 0.6 is 0 Å². The van der Waals surface area contributed by atoms with Crippen LogP contribution in [0.2, 0.25) is 0 Å². The topological polar surface area (TPSA) is 76.2 Å². The van der Waals surface area contributed by atoms with Gasteiger partial charge in [-0.05, 0) is 12.1 Å². The Morgan fingerprint density at radius 2 is 1.95 bits per heavy atom. The molecule has 0 unspecified atom stereocenters. The minimum Gasteiger partial charge on any atom is -0.439 e. The summed E-state index contributed by atoms with van der Waals surface area (Å²) in [6.07, 6.45) is -1.03. The summed E-state index contributed by atoms with van der Waals surface area (Å²) < 4.78 is 9.83. The zero-order valence-electron chi connectivity index (χ0n) is 11.2. The minimum absolute atomic E-state index is 0.0722. The van der Waals surface area contributed by atoms with Crippen molar-refractivity contribution in [3.8, 4) is 5.75 Å². The first-order chi connectivity index (χ1) is 10.1. The molecule has 2 fully saturated rings. The maximum Gasteiger partial charge on any atom is 0.417 e. The number of carbonyl (C=O) groups is 3. The Morgan fingerprint density at radius 3 is 2.57 bits per heavy atom. The molecule has 2 aliphatic rings. The maximum atomic E-state index is 11.8. The molecule has 7 nitrogen and oxygen atoms in total. The van der Waals surface area contributed by atoms with E-state index in [1.807, 2.05) is 6.07 Å². The monoisotopic (exact) mass is 290 g/mol. The van der Waals surface area contributed by atoms with E-state index in [2.05, 4.69) is 4.74 Å². The van der Waals surface area contributed by atoms with Gasteiger partial charge in [0.15, 0.2) is 6.61 Å². The fourth-order valence-electron chi connectivity index (χ4n) is 2.30. The highest BCUT2D eigenvalue weighted by Crippen LogP contribution is 2.21. The van der Waals surface area contributed by atoms with Crippen LogP contribution in [0.15, 0.2) is 30.3 Å². The van der Waals surface area contributed by atoms with Gasteiger partial charge in [-0.3, -0.25) is 4.79 Å². The molecule has 7 heteroatoms. The van der Waals surface area contributed by atoms with E-state index in [0.29, 0.717) is 18.8 Å². The Kier molecular flexibility index (Phi) is 3.47. The lowest BCUT2D eigenvalue weighted by atomic mass is 10.0. The van der Waals surface area contributed by atoms with Crippen molar-refractivity contribution in [2.24, 2.45) is 5.92 Å². The third-order valence-corrected chi connectivity index (χ3v) is 3.45. The summed E-state index contributed by atoms with van der Waals surface area (Å²) in [7, 11) is 0. The fourth-order valence-corrected chi connectivity index (χ4v) is 2.30. The van der Waals surface area contributed by atoms with Crippen molar-refractivity contribution in [2.45, 2.75) is 0 Å². The average Bonchev–Trinajstić information content (AvgIpc) is 2.74. The summed E-state index contributed by atoms with van der Waals surface area (Å²) in [5.74, 6) is 0.234.